The minimum absolute atomic E-state index is 0.0360. The molecule has 1 amide bonds. The van der Waals surface area contributed by atoms with Gasteiger partial charge in [0.25, 0.3) is 5.56 Å². The van der Waals surface area contributed by atoms with Crippen molar-refractivity contribution in [1.82, 2.24) is 19.8 Å². The van der Waals surface area contributed by atoms with Gasteiger partial charge < -0.3 is 10.2 Å². The lowest BCUT2D eigenvalue weighted by atomic mass is 10.2. The van der Waals surface area contributed by atoms with Crippen molar-refractivity contribution in [3.8, 4) is 0 Å². The van der Waals surface area contributed by atoms with Gasteiger partial charge in [-0.15, -0.1) is 0 Å². The van der Waals surface area contributed by atoms with Crippen molar-refractivity contribution in [1.29, 1.82) is 0 Å². The Balaban J connectivity index is 1.85. The number of hydrogen-bond donors (Lipinski definition) is 1. The molecule has 1 N–H and O–H groups in total. The average Bonchev–Trinajstić information content (AvgIpc) is 2.80. The zero-order valence-electron chi connectivity index (χ0n) is 12.1. The minimum Gasteiger partial charge on any atom is -0.340 e. The highest BCUT2D eigenvalue weighted by Crippen LogP contribution is 2.14. The van der Waals surface area contributed by atoms with E-state index in [9.17, 15) is 9.59 Å². The summed E-state index contributed by atoms with van der Waals surface area (Å²) < 4.78 is 2.21. The molecule has 6 nitrogen and oxygen atoms in total. The Labute approximate surface area is 136 Å². The number of rotatable bonds is 2. The van der Waals surface area contributed by atoms with E-state index in [0.717, 1.165) is 30.5 Å². The molecule has 1 saturated heterocycles. The summed E-state index contributed by atoms with van der Waals surface area (Å²) in [5.41, 5.74) is 0.448. The van der Waals surface area contributed by atoms with Crippen molar-refractivity contribution in [2.75, 3.05) is 26.2 Å². The lowest BCUT2D eigenvalue weighted by Crippen LogP contribution is -2.38. The van der Waals surface area contributed by atoms with Crippen molar-refractivity contribution in [3.63, 3.8) is 0 Å². The predicted molar refractivity (Wildman–Crippen MR) is 87.8 cm³/mol. The third-order valence-electron chi connectivity index (χ3n) is 3.78. The summed E-state index contributed by atoms with van der Waals surface area (Å²) in [6, 6.07) is 5.36. The van der Waals surface area contributed by atoms with E-state index in [-0.39, 0.29) is 18.0 Å². The number of benzene rings is 1. The van der Waals surface area contributed by atoms with E-state index in [1.165, 1.54) is 10.9 Å². The van der Waals surface area contributed by atoms with Crippen LogP contribution in [0.2, 0.25) is 0 Å². The summed E-state index contributed by atoms with van der Waals surface area (Å²) >= 11 is 3.36. The van der Waals surface area contributed by atoms with E-state index in [1.54, 1.807) is 17.0 Å². The molecule has 1 aromatic heterocycles. The second kappa shape index (κ2) is 6.58. The van der Waals surface area contributed by atoms with Gasteiger partial charge in [-0.05, 0) is 31.2 Å². The second-order valence-corrected chi connectivity index (χ2v) is 6.24. The maximum Gasteiger partial charge on any atom is 0.261 e. The van der Waals surface area contributed by atoms with E-state index in [4.69, 9.17) is 0 Å². The van der Waals surface area contributed by atoms with Crippen LogP contribution < -0.4 is 10.9 Å². The summed E-state index contributed by atoms with van der Waals surface area (Å²) in [7, 11) is 0. The molecule has 2 heterocycles. The summed E-state index contributed by atoms with van der Waals surface area (Å²) in [6.07, 6.45) is 2.39. The van der Waals surface area contributed by atoms with Crippen LogP contribution in [0, 0.1) is 0 Å². The number of carbonyl (C=O) groups is 1. The Morgan fingerprint density at radius 1 is 1.32 bits per heavy atom. The molecular formula is C15H17BrN4O2. The van der Waals surface area contributed by atoms with Gasteiger partial charge in [-0.1, -0.05) is 15.9 Å². The number of aromatic nitrogens is 2. The van der Waals surface area contributed by atoms with Crippen LogP contribution in [0.15, 0.2) is 33.8 Å². The van der Waals surface area contributed by atoms with E-state index in [2.05, 4.69) is 26.2 Å². The van der Waals surface area contributed by atoms with Gasteiger partial charge in [0.15, 0.2) is 0 Å². The van der Waals surface area contributed by atoms with Crippen molar-refractivity contribution in [3.05, 3.63) is 39.4 Å². The number of fused-ring (bicyclic) bond motifs is 1. The maximum absolute atomic E-state index is 12.5. The molecule has 3 rings (SSSR count). The van der Waals surface area contributed by atoms with Crippen LogP contribution in [0.25, 0.3) is 10.9 Å². The van der Waals surface area contributed by atoms with Gasteiger partial charge in [-0.2, -0.15) is 0 Å². The molecule has 1 fully saturated rings. The Morgan fingerprint density at radius 3 is 3.05 bits per heavy atom. The molecule has 2 aromatic rings. The van der Waals surface area contributed by atoms with Crippen LogP contribution in [0.3, 0.4) is 0 Å². The van der Waals surface area contributed by atoms with Crippen LogP contribution in [-0.2, 0) is 11.3 Å². The SMILES string of the molecule is O=C(Cn1cnc2ccc(Br)cc2c1=O)N1CCCNCC1. The van der Waals surface area contributed by atoms with Gasteiger partial charge in [-0.25, -0.2) is 4.98 Å². The first-order valence-corrected chi connectivity index (χ1v) is 8.07. The van der Waals surface area contributed by atoms with Crippen LogP contribution in [0.1, 0.15) is 6.42 Å². The van der Waals surface area contributed by atoms with Crippen LogP contribution in [0.5, 0.6) is 0 Å². The number of hydrogen-bond acceptors (Lipinski definition) is 4. The van der Waals surface area contributed by atoms with Gasteiger partial charge in [0.05, 0.1) is 17.2 Å². The van der Waals surface area contributed by atoms with Gasteiger partial charge in [0.2, 0.25) is 5.91 Å². The second-order valence-electron chi connectivity index (χ2n) is 5.32. The molecule has 0 atom stereocenters. The molecule has 116 valence electrons. The highest BCUT2D eigenvalue weighted by Gasteiger charge is 2.16. The molecule has 1 aliphatic rings. The quantitative estimate of drug-likeness (QED) is 0.862. The third-order valence-corrected chi connectivity index (χ3v) is 4.28. The number of amides is 1. The predicted octanol–water partition coefficient (Wildman–Crippen LogP) is 0.981. The van der Waals surface area contributed by atoms with Crippen molar-refractivity contribution >= 4 is 32.7 Å². The van der Waals surface area contributed by atoms with Gasteiger partial charge in [0.1, 0.15) is 6.54 Å². The smallest absolute Gasteiger partial charge is 0.261 e. The molecular weight excluding hydrogens is 348 g/mol. The average molecular weight is 365 g/mol. The molecule has 0 spiro atoms. The Bertz CT molecular complexity index is 751. The lowest BCUT2D eigenvalue weighted by Gasteiger charge is -2.20. The van der Waals surface area contributed by atoms with Crippen LogP contribution in [-0.4, -0.2) is 46.5 Å². The first-order valence-electron chi connectivity index (χ1n) is 7.28. The van der Waals surface area contributed by atoms with Crippen molar-refractivity contribution in [2.24, 2.45) is 0 Å². The standard InChI is InChI=1S/C15H17BrN4O2/c16-11-2-3-13-12(8-11)15(22)20(10-18-13)9-14(21)19-6-1-4-17-5-7-19/h2-3,8,10,17H,1,4-7,9H2. The first kappa shape index (κ1) is 15.2. The van der Waals surface area contributed by atoms with E-state index in [1.807, 2.05) is 6.07 Å². The molecule has 0 saturated carbocycles. The number of halogens is 1. The van der Waals surface area contributed by atoms with Crippen LogP contribution >= 0.6 is 15.9 Å². The Kier molecular flexibility index (Phi) is 4.54. The van der Waals surface area contributed by atoms with E-state index < -0.39 is 0 Å². The lowest BCUT2D eigenvalue weighted by molar-refractivity contribution is -0.131. The number of nitrogens with zero attached hydrogens (tertiary/aromatic N) is 3. The fraction of sp³-hybridized carbons (Fsp3) is 0.400. The Morgan fingerprint density at radius 2 is 2.18 bits per heavy atom. The molecule has 22 heavy (non-hydrogen) atoms. The normalized spacial score (nSPS) is 15.8. The third kappa shape index (κ3) is 3.20. The molecule has 1 aliphatic heterocycles. The minimum atomic E-state index is -0.187. The van der Waals surface area contributed by atoms with Gasteiger partial charge in [-0.3, -0.25) is 14.2 Å². The highest BCUT2D eigenvalue weighted by atomic mass is 79.9. The first-order chi connectivity index (χ1) is 10.6. The largest absolute Gasteiger partial charge is 0.340 e. The molecule has 1 aromatic carbocycles. The fourth-order valence-electron chi connectivity index (χ4n) is 2.58. The van der Waals surface area contributed by atoms with E-state index in [0.29, 0.717) is 17.4 Å². The van der Waals surface area contributed by atoms with Crippen molar-refractivity contribution in [2.45, 2.75) is 13.0 Å². The molecule has 0 bridgehead atoms. The fourth-order valence-corrected chi connectivity index (χ4v) is 2.95. The molecule has 7 heteroatoms. The number of nitrogens with one attached hydrogen (secondary N) is 1. The van der Waals surface area contributed by atoms with Gasteiger partial charge in [0, 0.05) is 24.1 Å². The summed E-state index contributed by atoms with van der Waals surface area (Å²) in [6.45, 7) is 3.17. The highest BCUT2D eigenvalue weighted by molar-refractivity contribution is 9.10. The molecule has 0 aliphatic carbocycles. The summed E-state index contributed by atoms with van der Waals surface area (Å²) in [5, 5.41) is 3.77. The zero-order valence-corrected chi connectivity index (χ0v) is 13.7. The molecule has 0 radical (unpaired) electrons. The van der Waals surface area contributed by atoms with E-state index >= 15 is 0 Å². The van der Waals surface area contributed by atoms with Gasteiger partial charge >= 0.3 is 0 Å². The summed E-state index contributed by atoms with van der Waals surface area (Å²) in [4.78, 5) is 30.9. The molecule has 0 unspecified atom stereocenters. The topological polar surface area (TPSA) is 67.2 Å². The van der Waals surface area contributed by atoms with Crippen molar-refractivity contribution < 1.29 is 4.79 Å². The monoisotopic (exact) mass is 364 g/mol. The summed E-state index contributed by atoms with van der Waals surface area (Å²) in [5.74, 6) is -0.0399. The van der Waals surface area contributed by atoms with Crippen LogP contribution in [0.4, 0.5) is 0 Å². The maximum atomic E-state index is 12.5. The number of carbonyl (C=O) groups excluding carboxylic acids is 1. The zero-order chi connectivity index (χ0) is 15.5. The Hall–Kier alpha value is -1.73.